The molecule has 2 heteroatoms. The summed E-state index contributed by atoms with van der Waals surface area (Å²) in [4.78, 5) is 2.29. The quantitative estimate of drug-likeness (QED) is 0.338. The van der Waals surface area contributed by atoms with Crippen molar-refractivity contribution >= 4 is 39.0 Å². The number of hydrogen-bond acceptors (Lipinski definition) is 2. The van der Waals surface area contributed by atoms with Crippen LogP contribution < -0.4 is 4.90 Å². The van der Waals surface area contributed by atoms with Gasteiger partial charge in [0.15, 0.2) is 0 Å². The second-order valence-corrected chi connectivity index (χ2v) is 6.71. The van der Waals surface area contributed by atoms with Gasteiger partial charge in [-0.25, -0.2) is 0 Å². The predicted molar refractivity (Wildman–Crippen MR) is 113 cm³/mol. The third-order valence-electron chi connectivity index (χ3n) is 4.97. The Balaban J connectivity index is 1.86. The lowest BCUT2D eigenvalue weighted by atomic mass is 10.1. The Morgan fingerprint density at radius 1 is 0.630 bits per heavy atom. The Morgan fingerprint density at radius 2 is 1.26 bits per heavy atom. The summed E-state index contributed by atoms with van der Waals surface area (Å²) in [5, 5.41) is 2.29. The van der Waals surface area contributed by atoms with E-state index in [0.29, 0.717) is 0 Å². The van der Waals surface area contributed by atoms with Crippen molar-refractivity contribution in [2.24, 2.45) is 0 Å². The number of hydrogen-bond donors (Lipinski definition) is 0. The first-order chi connectivity index (χ1) is 13.3. The van der Waals surface area contributed by atoms with Crippen molar-refractivity contribution in [3.05, 3.63) is 103 Å². The van der Waals surface area contributed by atoms with Crippen molar-refractivity contribution in [2.75, 3.05) is 4.90 Å². The fraction of sp³-hybridized carbons (Fsp3) is 0.0400. The lowest BCUT2D eigenvalue weighted by molar-refractivity contribution is 0.666. The van der Waals surface area contributed by atoms with Gasteiger partial charge in [0.2, 0.25) is 0 Å². The number of aryl methyl sites for hydroxylation is 1. The second kappa shape index (κ2) is 6.33. The zero-order chi connectivity index (χ0) is 18.2. The summed E-state index contributed by atoms with van der Waals surface area (Å²) in [6.45, 7) is 2.09. The number of benzene rings is 4. The number of furan rings is 1. The molecule has 5 rings (SSSR count). The van der Waals surface area contributed by atoms with Crippen LogP contribution in [0.5, 0.6) is 0 Å². The topological polar surface area (TPSA) is 16.4 Å². The molecule has 0 spiro atoms. The molecule has 4 aromatic carbocycles. The van der Waals surface area contributed by atoms with Crippen LogP contribution in [0.1, 0.15) is 5.56 Å². The minimum atomic E-state index is 0.911. The van der Waals surface area contributed by atoms with Crippen molar-refractivity contribution in [3.8, 4) is 0 Å². The zero-order valence-corrected chi connectivity index (χ0v) is 15.1. The first kappa shape index (κ1) is 15.7. The van der Waals surface area contributed by atoms with E-state index in [9.17, 15) is 0 Å². The molecule has 0 saturated carbocycles. The zero-order valence-electron chi connectivity index (χ0n) is 15.1. The van der Waals surface area contributed by atoms with Crippen LogP contribution in [0.4, 0.5) is 17.1 Å². The molecular formula is C25H19NO. The molecular weight excluding hydrogens is 330 g/mol. The van der Waals surface area contributed by atoms with Gasteiger partial charge in [0, 0.05) is 16.8 Å². The fourth-order valence-corrected chi connectivity index (χ4v) is 3.74. The largest absolute Gasteiger partial charge is 0.456 e. The molecule has 1 heterocycles. The first-order valence-electron chi connectivity index (χ1n) is 9.14. The van der Waals surface area contributed by atoms with Gasteiger partial charge in [-0.05, 0) is 48.9 Å². The molecule has 0 aliphatic heterocycles. The van der Waals surface area contributed by atoms with Gasteiger partial charge in [-0.1, -0.05) is 60.7 Å². The Hall–Kier alpha value is -3.52. The summed E-state index contributed by atoms with van der Waals surface area (Å²) in [5.74, 6) is 0. The Morgan fingerprint density at radius 3 is 1.93 bits per heavy atom. The monoisotopic (exact) mass is 349 g/mol. The molecule has 0 saturated heterocycles. The molecule has 5 aromatic rings. The van der Waals surface area contributed by atoms with Crippen molar-refractivity contribution in [1.29, 1.82) is 0 Å². The molecule has 0 N–H and O–H groups in total. The molecule has 0 amide bonds. The highest BCUT2D eigenvalue weighted by molar-refractivity contribution is 6.13. The van der Waals surface area contributed by atoms with Gasteiger partial charge < -0.3 is 9.32 Å². The first-order valence-corrected chi connectivity index (χ1v) is 9.14. The van der Waals surface area contributed by atoms with Crippen LogP contribution in [0.2, 0.25) is 0 Å². The molecule has 0 unspecified atom stereocenters. The maximum Gasteiger partial charge on any atom is 0.138 e. The molecule has 0 aliphatic carbocycles. The van der Waals surface area contributed by atoms with E-state index in [2.05, 4.69) is 90.7 Å². The lowest BCUT2D eigenvalue weighted by Crippen LogP contribution is -2.09. The Bertz CT molecular complexity index is 1180. The summed E-state index contributed by atoms with van der Waals surface area (Å²) >= 11 is 0. The molecule has 27 heavy (non-hydrogen) atoms. The van der Waals surface area contributed by atoms with Crippen molar-refractivity contribution < 1.29 is 4.42 Å². The van der Waals surface area contributed by atoms with Crippen molar-refractivity contribution in [1.82, 2.24) is 0 Å². The van der Waals surface area contributed by atoms with Crippen molar-refractivity contribution in [3.63, 3.8) is 0 Å². The van der Waals surface area contributed by atoms with Gasteiger partial charge in [0.1, 0.15) is 11.2 Å². The van der Waals surface area contributed by atoms with E-state index in [4.69, 9.17) is 4.42 Å². The van der Waals surface area contributed by atoms with E-state index < -0.39 is 0 Å². The van der Waals surface area contributed by atoms with E-state index in [-0.39, 0.29) is 0 Å². The van der Waals surface area contributed by atoms with E-state index in [1.807, 2.05) is 18.2 Å². The molecule has 0 radical (unpaired) electrons. The molecule has 0 bridgehead atoms. The number of nitrogens with zero attached hydrogens (tertiary/aromatic N) is 1. The molecule has 0 atom stereocenters. The standard InChI is InChI=1S/C25H19NO/c1-18-10-8-15-21-24-22(16-9-17-23(24)27-25(18)21)26(19-11-4-2-5-12-19)20-13-6-3-7-14-20/h2-17H,1H3. The maximum absolute atomic E-state index is 6.22. The van der Waals surface area contributed by atoms with Crippen molar-refractivity contribution in [2.45, 2.75) is 6.92 Å². The highest BCUT2D eigenvalue weighted by atomic mass is 16.3. The van der Waals surface area contributed by atoms with Gasteiger partial charge >= 0.3 is 0 Å². The lowest BCUT2D eigenvalue weighted by Gasteiger charge is -2.26. The fourth-order valence-electron chi connectivity index (χ4n) is 3.74. The molecule has 0 fully saturated rings. The van der Waals surface area contributed by atoms with Crippen LogP contribution in [0.25, 0.3) is 21.9 Å². The van der Waals surface area contributed by atoms with Gasteiger partial charge in [0.25, 0.3) is 0 Å². The smallest absolute Gasteiger partial charge is 0.138 e. The third kappa shape index (κ3) is 2.58. The average molecular weight is 349 g/mol. The Labute approximate surface area is 158 Å². The minimum absolute atomic E-state index is 0.911. The highest BCUT2D eigenvalue weighted by Gasteiger charge is 2.19. The Kier molecular flexibility index (Phi) is 3.68. The summed E-state index contributed by atoms with van der Waals surface area (Å²) in [6.07, 6.45) is 0. The van der Waals surface area contributed by atoms with E-state index >= 15 is 0 Å². The number of para-hydroxylation sites is 3. The van der Waals surface area contributed by atoms with E-state index in [0.717, 1.165) is 44.6 Å². The number of fused-ring (bicyclic) bond motifs is 3. The second-order valence-electron chi connectivity index (χ2n) is 6.71. The minimum Gasteiger partial charge on any atom is -0.456 e. The van der Waals surface area contributed by atoms with Crippen LogP contribution in [-0.4, -0.2) is 0 Å². The molecule has 2 nitrogen and oxygen atoms in total. The summed E-state index contributed by atoms with van der Waals surface area (Å²) < 4.78 is 6.22. The molecule has 0 aliphatic rings. The van der Waals surface area contributed by atoms with Gasteiger partial charge in [-0.2, -0.15) is 0 Å². The van der Waals surface area contributed by atoms with Crippen LogP contribution >= 0.6 is 0 Å². The van der Waals surface area contributed by atoms with E-state index in [1.54, 1.807) is 0 Å². The van der Waals surface area contributed by atoms with Gasteiger partial charge in [-0.3, -0.25) is 0 Å². The summed E-state index contributed by atoms with van der Waals surface area (Å²) in [5.41, 5.74) is 6.39. The van der Waals surface area contributed by atoms with Crippen LogP contribution in [0.3, 0.4) is 0 Å². The van der Waals surface area contributed by atoms with Crippen LogP contribution in [-0.2, 0) is 0 Å². The SMILES string of the molecule is Cc1cccc2c1oc1cccc(N(c3ccccc3)c3ccccc3)c12. The van der Waals surface area contributed by atoms with Gasteiger partial charge in [-0.15, -0.1) is 0 Å². The van der Waals surface area contributed by atoms with E-state index in [1.165, 1.54) is 0 Å². The summed E-state index contributed by atoms with van der Waals surface area (Å²) in [6, 6.07) is 33.5. The normalized spacial score (nSPS) is 11.1. The average Bonchev–Trinajstić information content (AvgIpc) is 3.11. The number of anilines is 3. The molecule has 130 valence electrons. The highest BCUT2D eigenvalue weighted by Crippen LogP contribution is 2.42. The van der Waals surface area contributed by atoms with Crippen LogP contribution in [0.15, 0.2) is 101 Å². The predicted octanol–water partition coefficient (Wildman–Crippen LogP) is 7.36. The summed E-state index contributed by atoms with van der Waals surface area (Å²) in [7, 11) is 0. The van der Waals surface area contributed by atoms with Crippen LogP contribution in [0, 0.1) is 6.92 Å². The van der Waals surface area contributed by atoms with Gasteiger partial charge in [0.05, 0.1) is 11.1 Å². The molecule has 1 aromatic heterocycles. The number of rotatable bonds is 3. The maximum atomic E-state index is 6.22. The third-order valence-corrected chi connectivity index (χ3v) is 4.97.